The second kappa shape index (κ2) is 18.2. The minimum Gasteiger partial charge on any atom is -0.325 e. The lowest BCUT2D eigenvalue weighted by Crippen LogP contribution is -2.42. The van der Waals surface area contributed by atoms with Crippen molar-refractivity contribution in [2.24, 2.45) is 0 Å². The Morgan fingerprint density at radius 3 is 1.63 bits per heavy atom. The molecule has 0 saturated heterocycles. The van der Waals surface area contributed by atoms with E-state index in [1.54, 1.807) is 11.4 Å². The fraction of sp³-hybridized carbons (Fsp3) is 0.920. The number of hydrogen-bond donors (Lipinski definition) is 0. The molecule has 0 fully saturated rings. The van der Waals surface area contributed by atoms with E-state index in [1.165, 1.54) is 77.0 Å². The summed E-state index contributed by atoms with van der Waals surface area (Å²) in [6.07, 6.45) is 20.8. The topological polar surface area (TPSA) is 37.4 Å². The zero-order valence-corrected chi connectivity index (χ0v) is 21.7. The number of quaternary nitrogens is 1. The maximum absolute atomic E-state index is 12.4. The third kappa shape index (κ3) is 17.3. The third-order valence-electron chi connectivity index (χ3n) is 6.09. The molecule has 0 aromatic carbocycles. The number of likely N-dealkylation sites (N-methyl/N-ethyl adjacent to an activating group) is 1. The third-order valence-corrected chi connectivity index (χ3v) is 8.03. The summed E-state index contributed by atoms with van der Waals surface area (Å²) in [4.78, 5) is 0. The summed E-state index contributed by atoms with van der Waals surface area (Å²) < 4.78 is 27.3. The van der Waals surface area contributed by atoms with Crippen LogP contribution in [0.5, 0.6) is 0 Å². The van der Waals surface area contributed by atoms with Crippen molar-refractivity contribution in [3.8, 4) is 0 Å². The molecule has 4 nitrogen and oxygen atoms in total. The van der Waals surface area contributed by atoms with Crippen LogP contribution in [0.4, 0.5) is 0 Å². The first-order valence-electron chi connectivity index (χ1n) is 12.6. The molecule has 30 heavy (non-hydrogen) atoms. The Hall–Kier alpha value is -0.390. The van der Waals surface area contributed by atoms with Crippen LogP contribution in [0.1, 0.15) is 103 Å². The van der Waals surface area contributed by atoms with Crippen molar-refractivity contribution >= 4 is 10.0 Å². The fourth-order valence-corrected chi connectivity index (χ4v) is 5.22. The highest BCUT2D eigenvalue weighted by molar-refractivity contribution is 7.89. The summed E-state index contributed by atoms with van der Waals surface area (Å²) in [7, 11) is 2.94. The zero-order chi connectivity index (χ0) is 22.7. The van der Waals surface area contributed by atoms with Crippen molar-refractivity contribution in [1.29, 1.82) is 0 Å². The van der Waals surface area contributed by atoms with Crippen LogP contribution in [0.25, 0.3) is 0 Å². The highest BCUT2D eigenvalue weighted by atomic mass is 32.2. The van der Waals surface area contributed by atoms with Crippen molar-refractivity contribution in [1.82, 2.24) is 4.31 Å². The number of unbranched alkanes of at least 4 members (excludes halogenated alkanes) is 13. The molecular formula is C25H53N2O2S+. The number of rotatable bonds is 22. The molecule has 0 rings (SSSR count). The molecule has 0 aliphatic carbocycles. The van der Waals surface area contributed by atoms with Gasteiger partial charge in [-0.3, -0.25) is 0 Å². The zero-order valence-electron chi connectivity index (χ0n) is 20.8. The predicted octanol–water partition coefficient (Wildman–Crippen LogP) is 6.38. The SMILES string of the molecule is C=CC[N+](C)(C)CCCN(C)S(=O)(=O)CCCCCCCCCCCCCCCC. The van der Waals surface area contributed by atoms with Gasteiger partial charge in [-0.1, -0.05) is 97.0 Å². The van der Waals surface area contributed by atoms with Gasteiger partial charge in [-0.25, -0.2) is 12.7 Å². The monoisotopic (exact) mass is 445 g/mol. The molecule has 0 aliphatic heterocycles. The standard InChI is InChI=1S/C25H53N2O2S/c1-6-8-9-10-11-12-13-14-15-16-17-18-19-20-25-30(28,29)26(3)22-21-24-27(4,5)23-7-2/h7H,2,6,8-25H2,1,3-5H3/q+1. The van der Waals surface area contributed by atoms with Crippen molar-refractivity contribution in [2.45, 2.75) is 103 Å². The second-order valence-corrected chi connectivity index (χ2v) is 11.9. The molecule has 0 heterocycles. The average molecular weight is 446 g/mol. The summed E-state index contributed by atoms with van der Waals surface area (Å²) in [5.41, 5.74) is 0. The highest BCUT2D eigenvalue weighted by Gasteiger charge is 2.19. The molecule has 0 bridgehead atoms. The van der Waals surface area contributed by atoms with Crippen LogP contribution in [0.15, 0.2) is 12.7 Å². The van der Waals surface area contributed by atoms with Crippen LogP contribution in [0.2, 0.25) is 0 Å². The smallest absolute Gasteiger partial charge is 0.213 e. The van der Waals surface area contributed by atoms with Crippen molar-refractivity contribution in [3.63, 3.8) is 0 Å². The molecule has 0 aromatic heterocycles. The van der Waals surface area contributed by atoms with Gasteiger partial charge in [0.2, 0.25) is 10.0 Å². The minimum absolute atomic E-state index is 0.298. The first-order chi connectivity index (χ1) is 14.2. The van der Waals surface area contributed by atoms with E-state index in [9.17, 15) is 8.42 Å². The molecule has 0 amide bonds. The maximum atomic E-state index is 12.4. The fourth-order valence-electron chi connectivity index (χ4n) is 3.94. The van der Waals surface area contributed by atoms with Gasteiger partial charge in [-0.15, -0.1) is 0 Å². The van der Waals surface area contributed by atoms with Crippen LogP contribution in [-0.4, -0.2) is 63.7 Å². The number of hydrogen-bond acceptors (Lipinski definition) is 2. The molecule has 5 heteroatoms. The minimum atomic E-state index is -3.10. The van der Waals surface area contributed by atoms with E-state index < -0.39 is 10.0 Å². The molecule has 0 aromatic rings. The van der Waals surface area contributed by atoms with E-state index in [0.717, 1.165) is 36.8 Å². The molecule has 0 atom stereocenters. The normalized spacial score (nSPS) is 12.6. The number of nitrogens with zero attached hydrogens (tertiary/aromatic N) is 2. The second-order valence-electron chi connectivity index (χ2n) is 9.72. The molecular weight excluding hydrogens is 392 g/mol. The predicted molar refractivity (Wildman–Crippen MR) is 133 cm³/mol. The van der Waals surface area contributed by atoms with Gasteiger partial charge >= 0.3 is 0 Å². The van der Waals surface area contributed by atoms with Crippen LogP contribution in [-0.2, 0) is 10.0 Å². The summed E-state index contributed by atoms with van der Waals surface area (Å²) >= 11 is 0. The Bertz CT molecular complexity index is 503. The van der Waals surface area contributed by atoms with Crippen molar-refractivity contribution < 1.29 is 12.9 Å². The maximum Gasteiger partial charge on any atom is 0.213 e. The van der Waals surface area contributed by atoms with Crippen molar-refractivity contribution in [2.75, 3.05) is 46.5 Å². The lowest BCUT2D eigenvalue weighted by molar-refractivity contribution is -0.884. The quantitative estimate of drug-likeness (QED) is 0.110. The Kier molecular flexibility index (Phi) is 18.0. The van der Waals surface area contributed by atoms with Crippen LogP contribution in [0, 0.1) is 0 Å². The Balaban J connectivity index is 3.62. The highest BCUT2D eigenvalue weighted by Crippen LogP contribution is 2.13. The Morgan fingerprint density at radius 2 is 1.20 bits per heavy atom. The van der Waals surface area contributed by atoms with Gasteiger partial charge in [0.25, 0.3) is 0 Å². The first kappa shape index (κ1) is 29.6. The van der Waals surface area contributed by atoms with Crippen molar-refractivity contribution in [3.05, 3.63) is 12.7 Å². The van der Waals surface area contributed by atoms with E-state index in [-0.39, 0.29) is 0 Å². The van der Waals surface area contributed by atoms with E-state index >= 15 is 0 Å². The van der Waals surface area contributed by atoms with Gasteiger partial charge in [-0.2, -0.15) is 0 Å². The largest absolute Gasteiger partial charge is 0.325 e. The molecule has 0 N–H and O–H groups in total. The van der Waals surface area contributed by atoms with E-state index in [0.29, 0.717) is 12.3 Å². The van der Waals surface area contributed by atoms with E-state index in [4.69, 9.17) is 0 Å². The van der Waals surface area contributed by atoms with E-state index in [1.807, 2.05) is 6.08 Å². The number of sulfonamides is 1. The molecule has 0 aliphatic rings. The van der Waals surface area contributed by atoms with Gasteiger partial charge in [0.05, 0.1) is 32.9 Å². The van der Waals surface area contributed by atoms with Gasteiger partial charge in [0.15, 0.2) is 0 Å². The average Bonchev–Trinajstić information content (AvgIpc) is 2.67. The lowest BCUT2D eigenvalue weighted by Gasteiger charge is -2.29. The van der Waals surface area contributed by atoms with Gasteiger partial charge in [-0.05, 0) is 12.5 Å². The van der Waals surface area contributed by atoms with Crippen LogP contribution >= 0.6 is 0 Å². The van der Waals surface area contributed by atoms with E-state index in [2.05, 4.69) is 27.6 Å². The molecule has 0 unspecified atom stereocenters. The van der Waals surface area contributed by atoms with Crippen LogP contribution < -0.4 is 0 Å². The van der Waals surface area contributed by atoms with Gasteiger partial charge < -0.3 is 4.48 Å². The lowest BCUT2D eigenvalue weighted by atomic mass is 10.0. The Morgan fingerprint density at radius 1 is 0.767 bits per heavy atom. The summed E-state index contributed by atoms with van der Waals surface area (Å²) in [5, 5.41) is 0. The summed E-state index contributed by atoms with van der Waals surface area (Å²) in [6.45, 7) is 8.55. The Labute approximate surface area is 189 Å². The molecule has 0 radical (unpaired) electrons. The summed E-state index contributed by atoms with van der Waals surface area (Å²) in [5.74, 6) is 0.298. The summed E-state index contributed by atoms with van der Waals surface area (Å²) in [6, 6.07) is 0. The van der Waals surface area contributed by atoms with Crippen LogP contribution in [0.3, 0.4) is 0 Å². The van der Waals surface area contributed by atoms with Gasteiger partial charge in [0.1, 0.15) is 0 Å². The molecule has 180 valence electrons. The van der Waals surface area contributed by atoms with Gasteiger partial charge in [0, 0.05) is 20.0 Å². The molecule has 0 spiro atoms. The molecule has 0 saturated carbocycles. The first-order valence-corrected chi connectivity index (χ1v) is 14.2.